The maximum atomic E-state index is 12.5. The molecule has 1 aliphatic heterocycles. The number of hydrogen-bond acceptors (Lipinski definition) is 8. The molecular formula is C26H27N5O4. The van der Waals surface area contributed by atoms with Gasteiger partial charge < -0.3 is 24.4 Å². The van der Waals surface area contributed by atoms with E-state index >= 15 is 0 Å². The monoisotopic (exact) mass is 473 g/mol. The Morgan fingerprint density at radius 3 is 2.54 bits per heavy atom. The second-order valence-electron chi connectivity index (χ2n) is 8.23. The minimum atomic E-state index is -0.456. The molecule has 0 aliphatic carbocycles. The molecule has 0 radical (unpaired) electrons. The van der Waals surface area contributed by atoms with Gasteiger partial charge in [-0.2, -0.15) is 0 Å². The summed E-state index contributed by atoms with van der Waals surface area (Å²) in [5.41, 5.74) is 3.86. The van der Waals surface area contributed by atoms with Crippen molar-refractivity contribution in [1.29, 1.82) is 0 Å². The molecule has 0 amide bonds. The Labute approximate surface area is 203 Å². The summed E-state index contributed by atoms with van der Waals surface area (Å²) in [5, 5.41) is 12.1. The van der Waals surface area contributed by atoms with Crippen molar-refractivity contribution in [3.63, 3.8) is 0 Å². The molecule has 5 rings (SSSR count). The minimum absolute atomic E-state index is 0.356. The van der Waals surface area contributed by atoms with Crippen LogP contribution in [0, 0.1) is 0 Å². The van der Waals surface area contributed by atoms with Gasteiger partial charge in [0.15, 0.2) is 11.3 Å². The van der Waals surface area contributed by atoms with E-state index in [1.165, 1.54) is 7.11 Å². The van der Waals surface area contributed by atoms with Gasteiger partial charge in [0.1, 0.15) is 17.1 Å². The Morgan fingerprint density at radius 1 is 1.00 bits per heavy atom. The summed E-state index contributed by atoms with van der Waals surface area (Å²) < 4.78 is 18.3. The number of rotatable bonds is 7. The zero-order valence-corrected chi connectivity index (χ0v) is 19.7. The number of anilines is 1. The summed E-state index contributed by atoms with van der Waals surface area (Å²) in [6, 6.07) is 19.1. The van der Waals surface area contributed by atoms with E-state index in [1.54, 1.807) is 13.2 Å². The van der Waals surface area contributed by atoms with Crippen LogP contribution in [0.15, 0.2) is 60.7 Å². The van der Waals surface area contributed by atoms with Gasteiger partial charge in [-0.1, -0.05) is 23.4 Å². The summed E-state index contributed by atoms with van der Waals surface area (Å²) in [4.78, 5) is 14.7. The molecule has 9 heteroatoms. The van der Waals surface area contributed by atoms with Crippen LogP contribution in [-0.4, -0.2) is 61.4 Å². The average molecular weight is 474 g/mol. The number of hydrogen-bond donors (Lipinski definition) is 1. The van der Waals surface area contributed by atoms with E-state index < -0.39 is 5.97 Å². The van der Waals surface area contributed by atoms with Crippen molar-refractivity contribution in [2.75, 3.05) is 45.3 Å². The molecule has 4 aromatic rings. The van der Waals surface area contributed by atoms with Gasteiger partial charge in [-0.15, -0.1) is 5.10 Å². The first-order valence-corrected chi connectivity index (χ1v) is 11.5. The van der Waals surface area contributed by atoms with Gasteiger partial charge in [-0.3, -0.25) is 0 Å². The van der Waals surface area contributed by atoms with Crippen LogP contribution in [0.25, 0.3) is 11.0 Å². The van der Waals surface area contributed by atoms with Gasteiger partial charge in [0.25, 0.3) is 0 Å². The number of benzene rings is 3. The number of nitrogens with one attached hydrogen (secondary N) is 1. The predicted molar refractivity (Wildman–Crippen MR) is 133 cm³/mol. The van der Waals surface area contributed by atoms with Gasteiger partial charge in [0.05, 0.1) is 26.3 Å². The highest BCUT2D eigenvalue weighted by Gasteiger charge is 2.20. The fourth-order valence-corrected chi connectivity index (χ4v) is 4.18. The summed E-state index contributed by atoms with van der Waals surface area (Å²) in [5.74, 6) is 1.29. The Balaban J connectivity index is 1.47. The molecule has 180 valence electrons. The molecular weight excluding hydrogens is 446 g/mol. The van der Waals surface area contributed by atoms with Crippen LogP contribution < -0.4 is 19.7 Å². The van der Waals surface area contributed by atoms with E-state index in [-0.39, 0.29) is 0 Å². The molecule has 0 atom stereocenters. The second kappa shape index (κ2) is 10.0. The third kappa shape index (κ3) is 4.76. The van der Waals surface area contributed by atoms with Crippen LogP contribution in [0.1, 0.15) is 15.9 Å². The third-order valence-electron chi connectivity index (χ3n) is 6.07. The third-order valence-corrected chi connectivity index (χ3v) is 6.07. The molecule has 9 nitrogen and oxygen atoms in total. The highest BCUT2D eigenvalue weighted by atomic mass is 16.5. The lowest BCUT2D eigenvalue weighted by Gasteiger charge is -2.30. The van der Waals surface area contributed by atoms with Crippen LogP contribution in [0.4, 0.5) is 5.69 Å². The first-order valence-electron chi connectivity index (χ1n) is 11.5. The van der Waals surface area contributed by atoms with Gasteiger partial charge in [0, 0.05) is 37.9 Å². The summed E-state index contributed by atoms with van der Waals surface area (Å²) in [6.45, 7) is 4.13. The van der Waals surface area contributed by atoms with Crippen molar-refractivity contribution in [3.8, 4) is 17.2 Å². The number of piperazine rings is 1. The van der Waals surface area contributed by atoms with Crippen molar-refractivity contribution in [1.82, 2.24) is 20.3 Å². The topological polar surface area (TPSA) is 90.7 Å². The molecule has 0 saturated carbocycles. The van der Waals surface area contributed by atoms with Crippen LogP contribution in [0.2, 0.25) is 0 Å². The maximum Gasteiger partial charge on any atom is 0.341 e. The van der Waals surface area contributed by atoms with E-state index in [1.807, 2.05) is 59.3 Å². The lowest BCUT2D eigenvalue weighted by atomic mass is 10.1. The van der Waals surface area contributed by atoms with Crippen molar-refractivity contribution in [2.24, 2.45) is 0 Å². The van der Waals surface area contributed by atoms with E-state index in [0.717, 1.165) is 48.7 Å². The van der Waals surface area contributed by atoms with Crippen LogP contribution in [0.5, 0.6) is 17.2 Å². The van der Waals surface area contributed by atoms with Crippen molar-refractivity contribution < 1.29 is 19.0 Å². The SMILES string of the molecule is COC(=O)c1ccc(N2CCNCC2)cc1Oc1cccc2c1nnn2Cc1ccc(OC)cc1. The first kappa shape index (κ1) is 22.7. The minimum Gasteiger partial charge on any atom is -0.497 e. The van der Waals surface area contributed by atoms with E-state index in [0.29, 0.717) is 29.1 Å². The van der Waals surface area contributed by atoms with Crippen LogP contribution in [-0.2, 0) is 11.3 Å². The molecule has 2 heterocycles. The van der Waals surface area contributed by atoms with Crippen molar-refractivity contribution >= 4 is 22.7 Å². The Kier molecular flexibility index (Phi) is 6.49. The lowest BCUT2D eigenvalue weighted by Crippen LogP contribution is -2.43. The number of ether oxygens (including phenoxy) is 3. The average Bonchev–Trinajstić information content (AvgIpc) is 3.33. The molecule has 1 aromatic heterocycles. The molecule has 1 fully saturated rings. The second-order valence-corrected chi connectivity index (χ2v) is 8.23. The molecule has 0 spiro atoms. The van der Waals surface area contributed by atoms with E-state index in [9.17, 15) is 4.79 Å². The maximum absolute atomic E-state index is 12.5. The zero-order valence-electron chi connectivity index (χ0n) is 19.7. The summed E-state index contributed by atoms with van der Waals surface area (Å²) >= 11 is 0. The highest BCUT2D eigenvalue weighted by molar-refractivity contribution is 5.93. The molecule has 0 unspecified atom stereocenters. The summed E-state index contributed by atoms with van der Waals surface area (Å²) in [7, 11) is 3.01. The number of aromatic nitrogens is 3. The van der Waals surface area contributed by atoms with Gasteiger partial charge in [-0.05, 0) is 42.0 Å². The Hall–Kier alpha value is -4.11. The fourth-order valence-electron chi connectivity index (χ4n) is 4.18. The normalized spacial score (nSPS) is 13.6. The summed E-state index contributed by atoms with van der Waals surface area (Å²) in [6.07, 6.45) is 0. The Morgan fingerprint density at radius 2 is 1.80 bits per heavy atom. The van der Waals surface area contributed by atoms with Gasteiger partial charge in [0.2, 0.25) is 0 Å². The molecule has 1 N–H and O–H groups in total. The lowest BCUT2D eigenvalue weighted by molar-refractivity contribution is 0.0598. The van der Waals surface area contributed by atoms with E-state index in [4.69, 9.17) is 14.2 Å². The zero-order chi connectivity index (χ0) is 24.2. The van der Waals surface area contributed by atoms with Crippen molar-refractivity contribution in [2.45, 2.75) is 6.54 Å². The highest BCUT2D eigenvalue weighted by Crippen LogP contribution is 2.34. The molecule has 0 bridgehead atoms. The van der Waals surface area contributed by atoms with E-state index in [2.05, 4.69) is 20.5 Å². The molecule has 3 aromatic carbocycles. The fraction of sp³-hybridized carbons (Fsp3) is 0.269. The molecule has 1 aliphatic rings. The molecule has 1 saturated heterocycles. The standard InChI is InChI=1S/C26H27N5O4/c1-33-20-9-6-18(7-10-20)17-31-22-4-3-5-23(25(22)28-29-31)35-24-16-19(30-14-12-27-13-15-30)8-11-21(24)26(32)34-2/h3-11,16,27H,12-15,17H2,1-2H3. The van der Waals surface area contributed by atoms with Crippen LogP contribution in [0.3, 0.4) is 0 Å². The molecule has 35 heavy (non-hydrogen) atoms. The van der Waals surface area contributed by atoms with Crippen LogP contribution >= 0.6 is 0 Å². The number of esters is 1. The number of methoxy groups -OCH3 is 2. The Bertz CT molecular complexity index is 1330. The smallest absolute Gasteiger partial charge is 0.341 e. The predicted octanol–water partition coefficient (Wildman–Crippen LogP) is 3.48. The number of nitrogens with zero attached hydrogens (tertiary/aromatic N) is 4. The first-order chi connectivity index (χ1) is 17.2. The van der Waals surface area contributed by atoms with Gasteiger partial charge >= 0.3 is 5.97 Å². The number of carbonyl (C=O) groups excluding carboxylic acids is 1. The quantitative estimate of drug-likeness (QED) is 0.408. The largest absolute Gasteiger partial charge is 0.497 e. The number of carbonyl (C=O) groups is 1. The van der Waals surface area contributed by atoms with Gasteiger partial charge in [-0.25, -0.2) is 9.48 Å². The van der Waals surface area contributed by atoms with Crippen molar-refractivity contribution in [3.05, 3.63) is 71.8 Å². The number of fused-ring (bicyclic) bond motifs is 1.